The molecule has 0 aliphatic carbocycles. The lowest BCUT2D eigenvalue weighted by Crippen LogP contribution is -2.30. The third-order valence-corrected chi connectivity index (χ3v) is 3.77. The zero-order valence-corrected chi connectivity index (χ0v) is 11.9. The van der Waals surface area contributed by atoms with Crippen LogP contribution in [0.2, 0.25) is 0 Å². The van der Waals surface area contributed by atoms with Crippen LogP contribution in [0, 0.1) is 0 Å². The number of rotatable bonds is 4. The zero-order chi connectivity index (χ0) is 14.5. The van der Waals surface area contributed by atoms with Gasteiger partial charge in [-0.3, -0.25) is 4.79 Å². The Kier molecular flexibility index (Phi) is 4.31. The van der Waals surface area contributed by atoms with Gasteiger partial charge in [0.2, 0.25) is 5.91 Å². The van der Waals surface area contributed by atoms with Crippen molar-refractivity contribution in [2.75, 3.05) is 13.2 Å². The van der Waals surface area contributed by atoms with E-state index in [1.54, 1.807) is 6.08 Å². The first-order valence-corrected chi connectivity index (χ1v) is 7.38. The Hall–Kier alpha value is -2.13. The van der Waals surface area contributed by atoms with Crippen molar-refractivity contribution in [3.05, 3.63) is 54.1 Å². The highest BCUT2D eigenvalue weighted by molar-refractivity contribution is 5.96. The molecule has 1 fully saturated rings. The molecule has 1 saturated heterocycles. The van der Waals surface area contributed by atoms with E-state index in [0.29, 0.717) is 6.54 Å². The van der Waals surface area contributed by atoms with Crippen LogP contribution in [0.3, 0.4) is 0 Å². The van der Waals surface area contributed by atoms with Gasteiger partial charge < -0.3 is 10.1 Å². The lowest BCUT2D eigenvalue weighted by atomic mass is 10.0. The molecular formula is C18H19NO2. The summed E-state index contributed by atoms with van der Waals surface area (Å²) in [7, 11) is 0. The fourth-order valence-electron chi connectivity index (χ4n) is 2.64. The van der Waals surface area contributed by atoms with Gasteiger partial charge in [-0.15, -0.1) is 0 Å². The average Bonchev–Trinajstić information content (AvgIpc) is 3.04. The van der Waals surface area contributed by atoms with Crippen LogP contribution in [0.15, 0.2) is 48.5 Å². The van der Waals surface area contributed by atoms with Gasteiger partial charge in [0, 0.05) is 19.2 Å². The van der Waals surface area contributed by atoms with Crippen molar-refractivity contribution in [3.8, 4) is 0 Å². The summed E-state index contributed by atoms with van der Waals surface area (Å²) < 4.78 is 5.48. The molecule has 108 valence electrons. The monoisotopic (exact) mass is 281 g/mol. The van der Waals surface area contributed by atoms with Gasteiger partial charge in [-0.05, 0) is 35.3 Å². The minimum atomic E-state index is -0.0709. The molecule has 3 rings (SSSR count). The summed E-state index contributed by atoms with van der Waals surface area (Å²) in [5, 5.41) is 5.23. The molecule has 1 N–H and O–H groups in total. The molecule has 0 unspecified atom stereocenters. The fourth-order valence-corrected chi connectivity index (χ4v) is 2.64. The molecule has 1 heterocycles. The molecule has 0 aromatic heterocycles. The maximum Gasteiger partial charge on any atom is 0.244 e. The van der Waals surface area contributed by atoms with Crippen LogP contribution in [0.25, 0.3) is 16.8 Å². The zero-order valence-electron chi connectivity index (χ0n) is 11.9. The first kappa shape index (κ1) is 13.8. The summed E-state index contributed by atoms with van der Waals surface area (Å²) in [4.78, 5) is 11.9. The van der Waals surface area contributed by atoms with Crippen molar-refractivity contribution in [1.82, 2.24) is 5.32 Å². The van der Waals surface area contributed by atoms with Crippen LogP contribution in [0.5, 0.6) is 0 Å². The number of hydrogen-bond acceptors (Lipinski definition) is 2. The smallest absolute Gasteiger partial charge is 0.244 e. The van der Waals surface area contributed by atoms with E-state index in [1.807, 2.05) is 30.3 Å². The van der Waals surface area contributed by atoms with Crippen molar-refractivity contribution >= 4 is 22.8 Å². The number of carbonyl (C=O) groups is 1. The van der Waals surface area contributed by atoms with E-state index < -0.39 is 0 Å². The van der Waals surface area contributed by atoms with Crippen molar-refractivity contribution < 1.29 is 9.53 Å². The Bertz CT molecular complexity index is 652. The SMILES string of the molecule is O=C(/C=C/c1cccc2ccccc12)NC[C@@H]1CCCO1. The molecule has 1 atom stereocenters. The first-order chi connectivity index (χ1) is 10.3. The van der Waals surface area contributed by atoms with Gasteiger partial charge >= 0.3 is 0 Å². The molecule has 1 aliphatic rings. The van der Waals surface area contributed by atoms with Crippen molar-refractivity contribution in [1.29, 1.82) is 0 Å². The lowest BCUT2D eigenvalue weighted by molar-refractivity contribution is -0.116. The molecule has 1 amide bonds. The highest BCUT2D eigenvalue weighted by atomic mass is 16.5. The standard InChI is InChI=1S/C18H19NO2/c20-18(19-13-16-8-4-12-21-16)11-10-15-7-3-6-14-5-1-2-9-17(14)15/h1-3,5-7,9-11,16H,4,8,12-13H2,(H,19,20)/b11-10+/t16-/m0/s1. The molecule has 2 aromatic carbocycles. The highest BCUT2D eigenvalue weighted by Crippen LogP contribution is 2.19. The number of carbonyl (C=O) groups excluding carboxylic acids is 1. The molecule has 3 heteroatoms. The fraction of sp³-hybridized carbons (Fsp3) is 0.278. The van der Waals surface area contributed by atoms with Gasteiger partial charge in [0.25, 0.3) is 0 Å². The number of benzene rings is 2. The number of hydrogen-bond donors (Lipinski definition) is 1. The summed E-state index contributed by atoms with van der Waals surface area (Å²) in [6.07, 6.45) is 5.77. The Labute approximate surface area is 124 Å². The topological polar surface area (TPSA) is 38.3 Å². The summed E-state index contributed by atoms with van der Waals surface area (Å²) in [6, 6.07) is 14.3. The molecule has 3 nitrogen and oxygen atoms in total. The van der Waals surface area contributed by atoms with Crippen LogP contribution in [-0.2, 0) is 9.53 Å². The van der Waals surface area contributed by atoms with Crippen LogP contribution < -0.4 is 5.32 Å². The molecular weight excluding hydrogens is 262 g/mol. The molecule has 2 aromatic rings. The molecule has 0 spiro atoms. The first-order valence-electron chi connectivity index (χ1n) is 7.38. The summed E-state index contributed by atoms with van der Waals surface area (Å²) in [6.45, 7) is 1.41. The minimum absolute atomic E-state index is 0.0709. The average molecular weight is 281 g/mol. The molecule has 21 heavy (non-hydrogen) atoms. The van der Waals surface area contributed by atoms with Crippen molar-refractivity contribution in [3.63, 3.8) is 0 Å². The van der Waals surface area contributed by atoms with E-state index in [4.69, 9.17) is 4.74 Å². The van der Waals surface area contributed by atoms with E-state index in [1.165, 1.54) is 5.39 Å². The Morgan fingerprint density at radius 2 is 2.10 bits per heavy atom. The largest absolute Gasteiger partial charge is 0.376 e. The van der Waals surface area contributed by atoms with Crippen LogP contribution in [0.4, 0.5) is 0 Å². The van der Waals surface area contributed by atoms with Gasteiger partial charge in [-0.2, -0.15) is 0 Å². The van der Waals surface area contributed by atoms with E-state index in [0.717, 1.165) is 30.4 Å². The molecule has 0 radical (unpaired) electrons. The maximum absolute atomic E-state index is 11.9. The second-order valence-corrected chi connectivity index (χ2v) is 5.28. The van der Waals surface area contributed by atoms with Crippen molar-refractivity contribution in [2.45, 2.75) is 18.9 Å². The van der Waals surface area contributed by atoms with Gasteiger partial charge in [-0.1, -0.05) is 42.5 Å². The van der Waals surface area contributed by atoms with Gasteiger partial charge in [0.15, 0.2) is 0 Å². The maximum atomic E-state index is 11.9. The Morgan fingerprint density at radius 1 is 1.24 bits per heavy atom. The quantitative estimate of drug-likeness (QED) is 0.874. The van der Waals surface area contributed by atoms with Crippen LogP contribution in [-0.4, -0.2) is 25.2 Å². The Balaban J connectivity index is 1.65. The number of ether oxygens (including phenoxy) is 1. The van der Waals surface area contributed by atoms with E-state index in [2.05, 4.69) is 23.5 Å². The predicted octanol–water partition coefficient (Wildman–Crippen LogP) is 3.15. The van der Waals surface area contributed by atoms with E-state index in [-0.39, 0.29) is 12.0 Å². The number of nitrogens with one attached hydrogen (secondary N) is 1. The summed E-state index contributed by atoms with van der Waals surface area (Å²) >= 11 is 0. The predicted molar refractivity (Wildman–Crippen MR) is 85.0 cm³/mol. The molecule has 0 bridgehead atoms. The molecule has 0 saturated carbocycles. The Morgan fingerprint density at radius 3 is 2.95 bits per heavy atom. The molecule has 1 aliphatic heterocycles. The van der Waals surface area contributed by atoms with E-state index >= 15 is 0 Å². The highest BCUT2D eigenvalue weighted by Gasteiger charge is 2.15. The summed E-state index contributed by atoms with van der Waals surface area (Å²) in [5.41, 5.74) is 1.06. The van der Waals surface area contributed by atoms with E-state index in [9.17, 15) is 4.79 Å². The van der Waals surface area contributed by atoms with Crippen molar-refractivity contribution in [2.24, 2.45) is 0 Å². The number of fused-ring (bicyclic) bond motifs is 1. The van der Waals surface area contributed by atoms with Gasteiger partial charge in [0.1, 0.15) is 0 Å². The van der Waals surface area contributed by atoms with Gasteiger partial charge in [-0.25, -0.2) is 0 Å². The summed E-state index contributed by atoms with van der Waals surface area (Å²) in [5.74, 6) is -0.0709. The third-order valence-electron chi connectivity index (χ3n) is 3.77. The third kappa shape index (κ3) is 3.50. The minimum Gasteiger partial charge on any atom is -0.376 e. The second kappa shape index (κ2) is 6.55. The second-order valence-electron chi connectivity index (χ2n) is 5.28. The normalized spacial score (nSPS) is 18.4. The van der Waals surface area contributed by atoms with Crippen LogP contribution >= 0.6 is 0 Å². The van der Waals surface area contributed by atoms with Crippen LogP contribution in [0.1, 0.15) is 18.4 Å². The lowest BCUT2D eigenvalue weighted by Gasteiger charge is -2.09. The van der Waals surface area contributed by atoms with Gasteiger partial charge in [0.05, 0.1) is 6.10 Å². The number of amides is 1.